The molecule has 0 saturated heterocycles. The molecule has 0 spiro atoms. The molecular weight excluding hydrogens is 250 g/mol. The summed E-state index contributed by atoms with van der Waals surface area (Å²) in [5.74, 6) is -0.458. The van der Waals surface area contributed by atoms with Gasteiger partial charge in [0.2, 0.25) is 0 Å². The van der Waals surface area contributed by atoms with E-state index in [9.17, 15) is 14.9 Å². The van der Waals surface area contributed by atoms with Crippen LogP contribution in [-0.2, 0) is 4.79 Å². The van der Waals surface area contributed by atoms with Gasteiger partial charge in [-0.3, -0.25) is 10.1 Å². The summed E-state index contributed by atoms with van der Waals surface area (Å²) in [4.78, 5) is 21.4. The molecule has 0 amide bonds. The van der Waals surface area contributed by atoms with Crippen molar-refractivity contribution in [2.75, 3.05) is 0 Å². The van der Waals surface area contributed by atoms with E-state index in [1.807, 2.05) is 0 Å². The van der Waals surface area contributed by atoms with Gasteiger partial charge in [0, 0.05) is 18.2 Å². The van der Waals surface area contributed by atoms with Gasteiger partial charge in [0.15, 0.2) is 0 Å². The highest BCUT2D eigenvalue weighted by atomic mass is 16.6. The maximum Gasteiger partial charge on any atom is 0.337 e. The third-order valence-corrected chi connectivity index (χ3v) is 2.32. The number of carbonyl (C=O) groups excluding carboxylic acids is 1. The minimum atomic E-state index is -0.663. The fraction of sp³-hybridized carbons (Fsp3) is 0. The number of esters is 1. The first-order valence-corrected chi connectivity index (χ1v) is 5.29. The van der Waals surface area contributed by atoms with E-state index in [0.717, 1.165) is 6.08 Å². The van der Waals surface area contributed by atoms with Crippen LogP contribution in [0.1, 0.15) is 0 Å². The first-order chi connectivity index (χ1) is 9.11. The summed E-state index contributed by atoms with van der Waals surface area (Å²) in [6.07, 6.45) is 0.993. The van der Waals surface area contributed by atoms with E-state index >= 15 is 0 Å². The Morgan fingerprint density at radius 1 is 1.32 bits per heavy atom. The number of hydrogen-bond acceptors (Lipinski definition) is 5. The highest BCUT2D eigenvalue weighted by molar-refractivity contribution is 5.83. The Morgan fingerprint density at radius 3 is 2.74 bits per heavy atom. The zero-order valence-corrected chi connectivity index (χ0v) is 9.74. The number of nitro groups is 1. The summed E-state index contributed by atoms with van der Waals surface area (Å²) in [6, 6.07) is 9.04. The van der Waals surface area contributed by atoms with Crippen LogP contribution in [0.15, 0.2) is 53.5 Å². The second-order valence-electron chi connectivity index (χ2n) is 3.52. The predicted octanol–water partition coefficient (Wildman–Crippen LogP) is 2.95. The lowest BCUT2D eigenvalue weighted by Crippen LogP contribution is -2.01. The maximum atomic E-state index is 11.0. The monoisotopic (exact) mass is 259 g/mol. The summed E-state index contributed by atoms with van der Waals surface area (Å²) < 4.78 is 10.0. The summed E-state index contributed by atoms with van der Waals surface area (Å²) >= 11 is 0. The molecule has 0 saturated carbocycles. The average molecular weight is 259 g/mol. The molecule has 0 aliphatic rings. The summed E-state index contributed by atoms with van der Waals surface area (Å²) in [6.45, 7) is 3.25. The van der Waals surface area contributed by atoms with E-state index in [2.05, 4.69) is 6.58 Å². The lowest BCUT2D eigenvalue weighted by atomic mass is 10.1. The molecule has 0 aliphatic heterocycles. The molecule has 0 unspecified atom stereocenters. The van der Waals surface area contributed by atoms with Gasteiger partial charge in [0.05, 0.1) is 10.5 Å². The molecule has 0 radical (unpaired) electrons. The van der Waals surface area contributed by atoms with Gasteiger partial charge in [-0.05, 0) is 12.1 Å². The predicted molar refractivity (Wildman–Crippen MR) is 66.6 cm³/mol. The highest BCUT2D eigenvalue weighted by Gasteiger charge is 2.17. The molecular formula is C13H9NO5. The minimum Gasteiger partial charge on any atom is -0.425 e. The fourth-order valence-corrected chi connectivity index (χ4v) is 1.50. The number of hydrogen-bond donors (Lipinski definition) is 0. The molecule has 19 heavy (non-hydrogen) atoms. The van der Waals surface area contributed by atoms with Crippen molar-refractivity contribution in [3.8, 4) is 17.3 Å². The Hall–Kier alpha value is -2.89. The van der Waals surface area contributed by atoms with Crippen molar-refractivity contribution in [1.29, 1.82) is 0 Å². The van der Waals surface area contributed by atoms with Gasteiger partial charge in [-0.25, -0.2) is 4.79 Å². The topological polar surface area (TPSA) is 82.6 Å². The molecule has 1 aromatic carbocycles. The number of carbonyl (C=O) groups is 1. The first-order valence-electron chi connectivity index (χ1n) is 5.29. The van der Waals surface area contributed by atoms with E-state index in [0.29, 0.717) is 5.56 Å². The van der Waals surface area contributed by atoms with Gasteiger partial charge < -0.3 is 9.15 Å². The molecule has 96 valence electrons. The summed E-state index contributed by atoms with van der Waals surface area (Å²) in [7, 11) is 0. The van der Waals surface area contributed by atoms with Crippen molar-refractivity contribution in [2.45, 2.75) is 0 Å². The van der Waals surface area contributed by atoms with Crippen LogP contribution in [-0.4, -0.2) is 10.9 Å². The molecule has 1 heterocycles. The van der Waals surface area contributed by atoms with Gasteiger partial charge in [0.25, 0.3) is 11.6 Å². The van der Waals surface area contributed by atoms with Crippen molar-refractivity contribution in [3.63, 3.8) is 0 Å². The summed E-state index contributed by atoms with van der Waals surface area (Å²) in [5, 5.41) is 10.9. The van der Waals surface area contributed by atoms with Crippen LogP contribution in [0.2, 0.25) is 0 Å². The van der Waals surface area contributed by atoms with Crippen LogP contribution in [0, 0.1) is 10.1 Å². The normalized spacial score (nSPS) is 9.89. The molecule has 0 aliphatic carbocycles. The molecule has 6 nitrogen and oxygen atoms in total. The van der Waals surface area contributed by atoms with Gasteiger partial charge in [-0.15, -0.1) is 0 Å². The Labute approximate surface area is 108 Å². The van der Waals surface area contributed by atoms with Crippen LogP contribution < -0.4 is 4.74 Å². The number of benzene rings is 1. The number of ether oxygens (including phenoxy) is 1. The quantitative estimate of drug-likeness (QED) is 0.365. The SMILES string of the molecule is C=CC(=O)Oc1ccc(-c2ccccc2[N+](=O)[O-])o1. The van der Waals surface area contributed by atoms with Crippen molar-refractivity contribution in [1.82, 2.24) is 0 Å². The molecule has 0 N–H and O–H groups in total. The molecule has 2 rings (SSSR count). The first kappa shape index (κ1) is 12.6. The maximum absolute atomic E-state index is 11.0. The highest BCUT2D eigenvalue weighted by Crippen LogP contribution is 2.32. The smallest absolute Gasteiger partial charge is 0.337 e. The fourth-order valence-electron chi connectivity index (χ4n) is 1.50. The van der Waals surface area contributed by atoms with Gasteiger partial charge >= 0.3 is 5.97 Å². The molecule has 0 bridgehead atoms. The Balaban J connectivity index is 2.35. The van der Waals surface area contributed by atoms with E-state index in [1.165, 1.54) is 18.2 Å². The van der Waals surface area contributed by atoms with E-state index in [1.54, 1.807) is 18.2 Å². The van der Waals surface area contributed by atoms with E-state index < -0.39 is 10.9 Å². The number of furan rings is 1. The molecule has 2 aromatic rings. The Bertz CT molecular complexity index is 644. The van der Waals surface area contributed by atoms with Crippen molar-refractivity contribution in [2.24, 2.45) is 0 Å². The molecule has 1 aromatic heterocycles. The van der Waals surface area contributed by atoms with Crippen molar-refractivity contribution >= 4 is 11.7 Å². The third-order valence-electron chi connectivity index (χ3n) is 2.32. The van der Waals surface area contributed by atoms with Crippen LogP contribution >= 0.6 is 0 Å². The zero-order chi connectivity index (χ0) is 13.8. The number of nitro benzene ring substituents is 1. The largest absolute Gasteiger partial charge is 0.425 e. The van der Waals surface area contributed by atoms with E-state index in [-0.39, 0.29) is 17.4 Å². The lowest BCUT2D eigenvalue weighted by molar-refractivity contribution is -0.384. The third kappa shape index (κ3) is 2.68. The van der Waals surface area contributed by atoms with Crippen LogP contribution in [0.4, 0.5) is 5.69 Å². The molecule has 0 fully saturated rings. The Morgan fingerprint density at radius 2 is 2.05 bits per heavy atom. The number of para-hydroxylation sites is 1. The molecule has 0 atom stereocenters. The lowest BCUT2D eigenvalue weighted by Gasteiger charge is -1.99. The van der Waals surface area contributed by atoms with E-state index in [4.69, 9.17) is 9.15 Å². The van der Waals surface area contributed by atoms with Crippen LogP contribution in [0.5, 0.6) is 5.95 Å². The number of nitrogens with zero attached hydrogens (tertiary/aromatic N) is 1. The second-order valence-corrected chi connectivity index (χ2v) is 3.52. The zero-order valence-electron chi connectivity index (χ0n) is 9.74. The van der Waals surface area contributed by atoms with Crippen LogP contribution in [0.3, 0.4) is 0 Å². The second kappa shape index (κ2) is 5.18. The minimum absolute atomic E-state index is 0.0435. The Kier molecular flexibility index (Phi) is 3.42. The number of rotatable bonds is 4. The van der Waals surface area contributed by atoms with Gasteiger partial charge in [0.1, 0.15) is 5.76 Å². The van der Waals surface area contributed by atoms with Crippen LogP contribution in [0.25, 0.3) is 11.3 Å². The molecule has 6 heteroatoms. The van der Waals surface area contributed by atoms with Gasteiger partial charge in [-0.1, -0.05) is 18.7 Å². The summed E-state index contributed by atoms with van der Waals surface area (Å²) in [5.41, 5.74) is 0.229. The standard InChI is InChI=1S/C13H9NO5/c1-2-12(15)19-13-8-7-11(18-13)9-5-3-4-6-10(9)14(16)17/h2-8H,1H2. The van der Waals surface area contributed by atoms with Crippen molar-refractivity contribution in [3.05, 3.63) is 59.2 Å². The van der Waals surface area contributed by atoms with Crippen molar-refractivity contribution < 1.29 is 18.9 Å². The van der Waals surface area contributed by atoms with Gasteiger partial charge in [-0.2, -0.15) is 0 Å². The average Bonchev–Trinajstić information content (AvgIpc) is 2.86.